The van der Waals surface area contributed by atoms with Crippen LogP contribution in [0.5, 0.6) is 0 Å². The second kappa shape index (κ2) is 14.6. The van der Waals surface area contributed by atoms with E-state index in [1.807, 2.05) is 0 Å². The fourth-order valence-electron chi connectivity index (χ4n) is 0.499. The average Bonchev–Trinajstić information content (AvgIpc) is 2.44. The van der Waals surface area contributed by atoms with Crippen molar-refractivity contribution in [3.8, 4) is 0 Å². The predicted molar refractivity (Wildman–Crippen MR) is 78.0 cm³/mol. The molecular weight excluding hydrogens is 316 g/mol. The van der Waals surface area contributed by atoms with Crippen molar-refractivity contribution in [1.29, 1.82) is 0 Å². The Morgan fingerprint density at radius 3 is 1.35 bits per heavy atom. The standard InChI is InChI=1S/C5H10N2O3.C3H7NO3.C3H7NO2/c6-3(5(9)10)1-2-4(7)8;4-2(1-5)3(6)7;1-2(4)3(5)6/h3H,1-2,6H2,(H2,7,8)(H,9,10);2,5H,1,4H2,(H,6,7);2H,4H2,1H3,(H,5,6). The zero-order valence-corrected chi connectivity index (χ0v) is 12.6. The molecule has 0 aromatic heterocycles. The van der Waals surface area contributed by atoms with Gasteiger partial charge in [0.2, 0.25) is 5.91 Å². The Hall–Kier alpha value is -2.28. The molecule has 3 atom stereocenters. The Kier molecular flexibility index (Phi) is 16.3. The van der Waals surface area contributed by atoms with Crippen molar-refractivity contribution in [3.05, 3.63) is 0 Å². The molecule has 0 spiro atoms. The number of carboxylic acid groups (broad SMARTS) is 3. The molecule has 0 aliphatic carbocycles. The van der Waals surface area contributed by atoms with E-state index in [1.54, 1.807) is 0 Å². The molecule has 136 valence electrons. The van der Waals surface area contributed by atoms with Crippen molar-refractivity contribution in [2.24, 2.45) is 22.9 Å². The van der Waals surface area contributed by atoms with Gasteiger partial charge in [0.1, 0.15) is 18.1 Å². The highest BCUT2D eigenvalue weighted by atomic mass is 16.4. The van der Waals surface area contributed by atoms with Gasteiger partial charge < -0.3 is 43.4 Å². The van der Waals surface area contributed by atoms with Crippen LogP contribution in [0.4, 0.5) is 0 Å². The Morgan fingerprint density at radius 2 is 1.22 bits per heavy atom. The van der Waals surface area contributed by atoms with Crippen LogP contribution in [0.1, 0.15) is 19.8 Å². The van der Waals surface area contributed by atoms with Crippen LogP contribution in [0.3, 0.4) is 0 Å². The average molecular weight is 340 g/mol. The third-order valence-corrected chi connectivity index (χ3v) is 1.92. The van der Waals surface area contributed by atoms with Gasteiger partial charge in [-0.15, -0.1) is 0 Å². The van der Waals surface area contributed by atoms with Crippen molar-refractivity contribution >= 4 is 23.8 Å². The molecule has 3 unspecified atom stereocenters. The van der Waals surface area contributed by atoms with E-state index in [0.29, 0.717) is 0 Å². The highest BCUT2D eigenvalue weighted by Crippen LogP contribution is 1.92. The summed E-state index contributed by atoms with van der Waals surface area (Å²) < 4.78 is 0. The van der Waals surface area contributed by atoms with Gasteiger partial charge in [0.05, 0.1) is 6.61 Å². The number of primary amides is 1. The summed E-state index contributed by atoms with van der Waals surface area (Å²) in [6, 6.07) is -2.84. The highest BCUT2D eigenvalue weighted by Gasteiger charge is 2.11. The van der Waals surface area contributed by atoms with E-state index in [9.17, 15) is 19.2 Å². The van der Waals surface area contributed by atoms with E-state index >= 15 is 0 Å². The van der Waals surface area contributed by atoms with Gasteiger partial charge in [-0.1, -0.05) is 0 Å². The van der Waals surface area contributed by atoms with Crippen LogP contribution in [-0.4, -0.2) is 69.0 Å². The van der Waals surface area contributed by atoms with Crippen LogP contribution in [-0.2, 0) is 19.2 Å². The van der Waals surface area contributed by atoms with Crippen molar-refractivity contribution in [2.45, 2.75) is 37.9 Å². The van der Waals surface area contributed by atoms with Crippen LogP contribution in [0.25, 0.3) is 0 Å². The SMILES string of the molecule is CC(N)C(=O)O.NC(=O)CCC(N)C(=O)O.NC(CO)C(=O)O. The Balaban J connectivity index is -0.000000272. The summed E-state index contributed by atoms with van der Waals surface area (Å²) >= 11 is 0. The van der Waals surface area contributed by atoms with Crippen molar-refractivity contribution in [1.82, 2.24) is 0 Å². The van der Waals surface area contributed by atoms with E-state index in [0.717, 1.165) is 0 Å². The zero-order chi connectivity index (χ0) is 19.2. The number of carbonyl (C=O) groups is 4. The Labute approximate surface area is 132 Å². The minimum atomic E-state index is -1.18. The number of hydrogen-bond acceptors (Lipinski definition) is 8. The maximum absolute atomic E-state index is 10.1. The summed E-state index contributed by atoms with van der Waals surface area (Å²) in [4.78, 5) is 39.4. The minimum absolute atomic E-state index is 0.0213. The third-order valence-electron chi connectivity index (χ3n) is 1.92. The highest BCUT2D eigenvalue weighted by molar-refractivity contribution is 5.77. The lowest BCUT2D eigenvalue weighted by Crippen LogP contribution is -2.33. The first-order valence-electron chi connectivity index (χ1n) is 6.21. The molecule has 0 aromatic carbocycles. The summed E-state index contributed by atoms with van der Waals surface area (Å²) in [5, 5.41) is 32.0. The lowest BCUT2D eigenvalue weighted by atomic mass is 10.2. The zero-order valence-electron chi connectivity index (χ0n) is 12.6. The second-order valence-corrected chi connectivity index (χ2v) is 4.20. The molecule has 1 amide bonds. The Bertz CT molecular complexity index is 388. The number of amides is 1. The lowest BCUT2D eigenvalue weighted by molar-refractivity contribution is -0.140. The second-order valence-electron chi connectivity index (χ2n) is 4.20. The van der Waals surface area contributed by atoms with Crippen LogP contribution < -0.4 is 22.9 Å². The molecule has 12 N–H and O–H groups in total. The van der Waals surface area contributed by atoms with Gasteiger partial charge in [-0.25, -0.2) is 0 Å². The molecule has 0 fully saturated rings. The summed E-state index contributed by atoms with van der Waals surface area (Å²) in [5.74, 6) is -3.78. The number of carboxylic acids is 3. The number of hydrogen-bond donors (Lipinski definition) is 8. The number of aliphatic hydroxyl groups is 1. The minimum Gasteiger partial charge on any atom is -0.480 e. The Morgan fingerprint density at radius 1 is 0.870 bits per heavy atom. The van der Waals surface area contributed by atoms with E-state index in [2.05, 4.69) is 0 Å². The normalized spacial score (nSPS) is 13.1. The fourth-order valence-corrected chi connectivity index (χ4v) is 0.499. The molecule has 0 bridgehead atoms. The van der Waals surface area contributed by atoms with Gasteiger partial charge in [-0.2, -0.15) is 0 Å². The number of nitrogens with two attached hydrogens (primary N) is 4. The van der Waals surface area contributed by atoms with Gasteiger partial charge in [0.15, 0.2) is 0 Å². The van der Waals surface area contributed by atoms with Crippen molar-refractivity contribution in [2.75, 3.05) is 6.61 Å². The number of aliphatic hydroxyl groups excluding tert-OH is 1. The number of rotatable bonds is 7. The lowest BCUT2D eigenvalue weighted by Gasteiger charge is -2.01. The summed E-state index contributed by atoms with van der Waals surface area (Å²) in [6.07, 6.45) is 0.123. The van der Waals surface area contributed by atoms with Gasteiger partial charge in [-0.05, 0) is 13.3 Å². The number of aliphatic carboxylic acids is 3. The molecule has 0 saturated carbocycles. The first-order valence-corrected chi connectivity index (χ1v) is 6.21. The first kappa shape index (κ1) is 25.7. The molecule has 0 aliphatic rings. The van der Waals surface area contributed by atoms with Gasteiger partial charge in [0.25, 0.3) is 0 Å². The molecule has 12 heteroatoms. The quantitative estimate of drug-likeness (QED) is 0.225. The van der Waals surface area contributed by atoms with Crippen LogP contribution in [0.15, 0.2) is 0 Å². The van der Waals surface area contributed by atoms with Crippen LogP contribution in [0, 0.1) is 0 Å². The topological polar surface area (TPSA) is 253 Å². The summed E-state index contributed by atoms with van der Waals surface area (Å²) in [5.41, 5.74) is 19.4. The smallest absolute Gasteiger partial charge is 0.322 e. The molecule has 12 nitrogen and oxygen atoms in total. The maximum atomic E-state index is 10.1. The van der Waals surface area contributed by atoms with Crippen LogP contribution in [0.2, 0.25) is 0 Å². The summed E-state index contributed by atoms with van der Waals surface area (Å²) in [6.45, 7) is 0.914. The molecule has 0 rings (SSSR count). The van der Waals surface area contributed by atoms with E-state index in [-0.39, 0.29) is 12.8 Å². The van der Waals surface area contributed by atoms with E-state index < -0.39 is 48.5 Å². The molecular formula is C11H24N4O8. The first-order chi connectivity index (χ1) is 10.4. The van der Waals surface area contributed by atoms with E-state index in [1.165, 1.54) is 6.92 Å². The van der Waals surface area contributed by atoms with Gasteiger partial charge in [0, 0.05) is 6.42 Å². The van der Waals surface area contributed by atoms with Gasteiger partial charge >= 0.3 is 17.9 Å². The van der Waals surface area contributed by atoms with E-state index in [4.69, 9.17) is 43.4 Å². The fraction of sp³-hybridized carbons (Fsp3) is 0.636. The molecule has 23 heavy (non-hydrogen) atoms. The summed E-state index contributed by atoms with van der Waals surface area (Å²) in [7, 11) is 0. The van der Waals surface area contributed by atoms with Gasteiger partial charge in [-0.3, -0.25) is 19.2 Å². The molecule has 0 aliphatic heterocycles. The molecule has 0 aromatic rings. The monoisotopic (exact) mass is 340 g/mol. The third kappa shape index (κ3) is 22.1. The molecule has 0 radical (unpaired) electrons. The largest absolute Gasteiger partial charge is 0.480 e. The number of carbonyl (C=O) groups excluding carboxylic acids is 1. The van der Waals surface area contributed by atoms with Crippen molar-refractivity contribution < 1.29 is 39.6 Å². The maximum Gasteiger partial charge on any atom is 0.322 e. The predicted octanol–water partition coefficient (Wildman–Crippen LogP) is -3.53. The molecule has 0 heterocycles. The molecule has 0 saturated heterocycles. The van der Waals surface area contributed by atoms with Crippen molar-refractivity contribution in [3.63, 3.8) is 0 Å². The van der Waals surface area contributed by atoms with Crippen LogP contribution >= 0.6 is 0 Å².